The second kappa shape index (κ2) is 7.53. The van der Waals surface area contributed by atoms with E-state index >= 15 is 0 Å². The molecule has 0 saturated heterocycles. The number of imidazole rings is 1. The molecule has 0 aliphatic rings. The van der Waals surface area contributed by atoms with E-state index in [2.05, 4.69) is 16.4 Å². The molecule has 142 valence electrons. The highest BCUT2D eigenvalue weighted by Crippen LogP contribution is 2.21. The van der Waals surface area contributed by atoms with Gasteiger partial charge in [0.25, 0.3) is 0 Å². The summed E-state index contributed by atoms with van der Waals surface area (Å²) in [6.07, 6.45) is 3.29. The Morgan fingerprint density at radius 1 is 1.21 bits per heavy atom. The predicted molar refractivity (Wildman–Crippen MR) is 104 cm³/mol. The SMILES string of the molecule is CC(C)(C)OC(=O)CC(=O)Nc1ccn2cc(-c3ccc(C#N)cc3)nc2c1. The fraction of sp³-hybridized carbons (Fsp3) is 0.238. The first-order chi connectivity index (χ1) is 13.2. The highest BCUT2D eigenvalue weighted by Gasteiger charge is 2.19. The van der Waals surface area contributed by atoms with Crippen molar-refractivity contribution in [1.29, 1.82) is 5.26 Å². The van der Waals surface area contributed by atoms with Crippen LogP contribution < -0.4 is 5.32 Å². The molecule has 0 aliphatic heterocycles. The first-order valence-electron chi connectivity index (χ1n) is 8.74. The highest BCUT2D eigenvalue weighted by atomic mass is 16.6. The van der Waals surface area contributed by atoms with Crippen LogP contribution in [0.1, 0.15) is 32.8 Å². The zero-order valence-electron chi connectivity index (χ0n) is 15.9. The van der Waals surface area contributed by atoms with Crippen LogP contribution in [0.2, 0.25) is 0 Å². The lowest BCUT2D eigenvalue weighted by molar-refractivity contribution is -0.155. The first-order valence-corrected chi connectivity index (χ1v) is 8.74. The molecule has 0 radical (unpaired) electrons. The minimum Gasteiger partial charge on any atom is -0.460 e. The molecule has 7 heteroatoms. The van der Waals surface area contributed by atoms with Gasteiger partial charge in [-0.1, -0.05) is 12.1 Å². The maximum absolute atomic E-state index is 12.1. The van der Waals surface area contributed by atoms with Crippen LogP contribution in [-0.2, 0) is 14.3 Å². The number of amides is 1. The number of nitrogens with one attached hydrogen (secondary N) is 1. The van der Waals surface area contributed by atoms with E-state index in [4.69, 9.17) is 10.00 Å². The van der Waals surface area contributed by atoms with Gasteiger partial charge in [-0.2, -0.15) is 5.26 Å². The summed E-state index contributed by atoms with van der Waals surface area (Å²) in [6.45, 7) is 5.25. The van der Waals surface area contributed by atoms with Crippen molar-refractivity contribution in [3.63, 3.8) is 0 Å². The Balaban J connectivity index is 1.72. The van der Waals surface area contributed by atoms with Crippen molar-refractivity contribution < 1.29 is 14.3 Å². The van der Waals surface area contributed by atoms with Crippen LogP contribution in [0.15, 0.2) is 48.8 Å². The molecule has 0 atom stereocenters. The predicted octanol–water partition coefficient (Wildman–Crippen LogP) is 3.54. The second-order valence-electron chi connectivity index (χ2n) is 7.31. The normalized spacial score (nSPS) is 11.1. The number of ether oxygens (including phenoxy) is 1. The number of nitrogens with zero attached hydrogens (tertiary/aromatic N) is 3. The Bertz CT molecular complexity index is 1070. The Labute approximate surface area is 162 Å². The maximum atomic E-state index is 12.1. The van der Waals surface area contributed by atoms with Crippen LogP contribution in [0.3, 0.4) is 0 Å². The number of fused-ring (bicyclic) bond motifs is 1. The number of anilines is 1. The number of rotatable bonds is 4. The van der Waals surface area contributed by atoms with Crippen molar-refractivity contribution in [1.82, 2.24) is 9.38 Å². The molecular formula is C21H20N4O3. The summed E-state index contributed by atoms with van der Waals surface area (Å²) in [4.78, 5) is 28.4. The molecule has 1 amide bonds. The van der Waals surface area contributed by atoms with E-state index in [1.165, 1.54) is 0 Å². The number of esters is 1. The van der Waals surface area contributed by atoms with Crippen molar-refractivity contribution in [2.45, 2.75) is 32.8 Å². The van der Waals surface area contributed by atoms with E-state index in [1.54, 1.807) is 51.2 Å². The van der Waals surface area contributed by atoms with E-state index in [0.29, 0.717) is 16.9 Å². The van der Waals surface area contributed by atoms with E-state index in [1.807, 2.05) is 22.7 Å². The Morgan fingerprint density at radius 2 is 1.93 bits per heavy atom. The number of hydrogen-bond acceptors (Lipinski definition) is 5. The van der Waals surface area contributed by atoms with Gasteiger partial charge in [0.15, 0.2) is 0 Å². The minimum atomic E-state index is -0.631. The molecule has 1 aromatic carbocycles. The summed E-state index contributed by atoms with van der Waals surface area (Å²) in [5, 5.41) is 11.6. The van der Waals surface area contributed by atoms with Gasteiger partial charge in [-0.3, -0.25) is 9.59 Å². The van der Waals surface area contributed by atoms with Gasteiger partial charge in [0.2, 0.25) is 5.91 Å². The molecule has 3 rings (SSSR count). The molecule has 0 bridgehead atoms. The second-order valence-corrected chi connectivity index (χ2v) is 7.31. The third-order valence-corrected chi connectivity index (χ3v) is 3.78. The Kier molecular flexibility index (Phi) is 5.14. The summed E-state index contributed by atoms with van der Waals surface area (Å²) in [7, 11) is 0. The van der Waals surface area contributed by atoms with Crippen LogP contribution in [0.5, 0.6) is 0 Å². The number of aromatic nitrogens is 2. The fourth-order valence-corrected chi connectivity index (χ4v) is 2.63. The third kappa shape index (κ3) is 4.74. The molecule has 0 fully saturated rings. The molecule has 2 aromatic heterocycles. The van der Waals surface area contributed by atoms with Crippen molar-refractivity contribution in [3.8, 4) is 17.3 Å². The van der Waals surface area contributed by atoms with E-state index in [-0.39, 0.29) is 6.42 Å². The largest absolute Gasteiger partial charge is 0.460 e. The quantitative estimate of drug-likeness (QED) is 0.555. The van der Waals surface area contributed by atoms with Gasteiger partial charge in [0.05, 0.1) is 17.3 Å². The van der Waals surface area contributed by atoms with Gasteiger partial charge in [-0.05, 0) is 39.0 Å². The average molecular weight is 376 g/mol. The number of benzene rings is 1. The molecule has 28 heavy (non-hydrogen) atoms. The van der Waals surface area contributed by atoms with Gasteiger partial charge >= 0.3 is 5.97 Å². The van der Waals surface area contributed by atoms with Crippen LogP contribution in [0, 0.1) is 11.3 Å². The number of nitriles is 1. The number of carbonyl (C=O) groups is 2. The van der Waals surface area contributed by atoms with E-state index in [0.717, 1.165) is 11.3 Å². The van der Waals surface area contributed by atoms with Crippen LogP contribution in [0.25, 0.3) is 16.9 Å². The average Bonchev–Trinajstić information content (AvgIpc) is 3.03. The highest BCUT2D eigenvalue weighted by molar-refractivity contribution is 6.02. The lowest BCUT2D eigenvalue weighted by atomic mass is 10.1. The van der Waals surface area contributed by atoms with Gasteiger partial charge in [-0.15, -0.1) is 0 Å². The smallest absolute Gasteiger partial charge is 0.315 e. The topological polar surface area (TPSA) is 96.5 Å². The molecule has 3 aromatic rings. The van der Waals surface area contributed by atoms with Gasteiger partial charge in [0.1, 0.15) is 17.7 Å². The van der Waals surface area contributed by atoms with Gasteiger partial charge in [-0.25, -0.2) is 4.98 Å². The summed E-state index contributed by atoms with van der Waals surface area (Å²) in [5.74, 6) is -1.02. The molecule has 0 unspecified atom stereocenters. The van der Waals surface area contributed by atoms with Crippen LogP contribution in [0.4, 0.5) is 5.69 Å². The van der Waals surface area contributed by atoms with E-state index in [9.17, 15) is 9.59 Å². The monoisotopic (exact) mass is 376 g/mol. The molecule has 0 aliphatic carbocycles. The summed E-state index contributed by atoms with van der Waals surface area (Å²) >= 11 is 0. The Morgan fingerprint density at radius 3 is 2.57 bits per heavy atom. The summed E-state index contributed by atoms with van der Waals surface area (Å²) in [6, 6.07) is 12.7. The summed E-state index contributed by atoms with van der Waals surface area (Å²) in [5.41, 5.74) is 2.78. The molecule has 0 spiro atoms. The maximum Gasteiger partial charge on any atom is 0.315 e. The lowest BCUT2D eigenvalue weighted by Crippen LogP contribution is -2.27. The number of carbonyl (C=O) groups excluding carboxylic acids is 2. The van der Waals surface area contributed by atoms with Gasteiger partial charge in [0, 0.05) is 29.7 Å². The zero-order chi connectivity index (χ0) is 20.3. The van der Waals surface area contributed by atoms with E-state index < -0.39 is 17.5 Å². The lowest BCUT2D eigenvalue weighted by Gasteiger charge is -2.19. The third-order valence-electron chi connectivity index (χ3n) is 3.78. The summed E-state index contributed by atoms with van der Waals surface area (Å²) < 4.78 is 6.98. The van der Waals surface area contributed by atoms with Gasteiger partial charge < -0.3 is 14.5 Å². The fourth-order valence-electron chi connectivity index (χ4n) is 2.63. The van der Waals surface area contributed by atoms with Crippen molar-refractivity contribution in [2.75, 3.05) is 5.32 Å². The molecule has 7 nitrogen and oxygen atoms in total. The molecule has 2 heterocycles. The van der Waals surface area contributed by atoms with Crippen LogP contribution >= 0.6 is 0 Å². The van der Waals surface area contributed by atoms with Crippen molar-refractivity contribution >= 4 is 23.2 Å². The van der Waals surface area contributed by atoms with Crippen molar-refractivity contribution in [2.24, 2.45) is 0 Å². The molecule has 0 saturated carbocycles. The standard InChI is InChI=1S/C21H20N4O3/c1-21(2,3)28-20(27)11-19(26)23-16-8-9-25-13-17(24-18(25)10-16)15-6-4-14(12-22)5-7-15/h4-10,13H,11H2,1-3H3,(H,23,26). The molecular weight excluding hydrogens is 356 g/mol. The minimum absolute atomic E-state index is 0.354. The molecule has 1 N–H and O–H groups in total. The number of pyridine rings is 1. The number of hydrogen-bond donors (Lipinski definition) is 1. The van der Waals surface area contributed by atoms with Crippen LogP contribution in [-0.4, -0.2) is 26.9 Å². The van der Waals surface area contributed by atoms with Crippen molar-refractivity contribution in [3.05, 3.63) is 54.4 Å². The Hall–Kier alpha value is -3.66. The zero-order valence-corrected chi connectivity index (χ0v) is 15.9. The first kappa shape index (κ1) is 19.1.